The number of rotatable bonds is 1. The third kappa shape index (κ3) is 1.68. The third-order valence-corrected chi connectivity index (χ3v) is 4.50. The predicted octanol–water partition coefficient (Wildman–Crippen LogP) is 1.83. The van der Waals surface area contributed by atoms with Gasteiger partial charge in [0.1, 0.15) is 0 Å². The first kappa shape index (κ1) is 13.8. The Bertz CT molecular complexity index is 1190. The number of aromatic nitrogens is 5. The van der Waals surface area contributed by atoms with Crippen LogP contribution in [-0.4, -0.2) is 48.5 Å². The molecular weight excluding hydrogens is 320 g/mol. The number of imidazole rings is 1. The van der Waals surface area contributed by atoms with Gasteiger partial charge < -0.3 is 4.98 Å². The average molecular weight is 332 g/mol. The van der Waals surface area contributed by atoms with Crippen molar-refractivity contribution in [3.63, 3.8) is 0 Å². The molecule has 8 heteroatoms. The summed E-state index contributed by atoms with van der Waals surface area (Å²) >= 11 is 0. The van der Waals surface area contributed by atoms with Crippen molar-refractivity contribution < 1.29 is 9.59 Å². The molecule has 4 heterocycles. The van der Waals surface area contributed by atoms with Crippen molar-refractivity contribution in [3.05, 3.63) is 47.3 Å². The van der Waals surface area contributed by atoms with Crippen LogP contribution < -0.4 is 0 Å². The van der Waals surface area contributed by atoms with Crippen LogP contribution in [0.2, 0.25) is 0 Å². The van der Waals surface area contributed by atoms with Crippen molar-refractivity contribution in [3.8, 4) is 5.95 Å². The minimum absolute atomic E-state index is 0.312. The third-order valence-electron chi connectivity index (χ3n) is 4.50. The number of benzene rings is 1. The van der Waals surface area contributed by atoms with Crippen LogP contribution in [0.15, 0.2) is 30.5 Å². The van der Waals surface area contributed by atoms with Crippen molar-refractivity contribution in [2.75, 3.05) is 7.05 Å². The second-order valence-electron chi connectivity index (χ2n) is 5.99. The average Bonchev–Trinajstić information content (AvgIpc) is 3.25. The molecule has 0 bridgehead atoms. The number of hydrogen-bond acceptors (Lipinski definition) is 5. The number of para-hydroxylation sites is 2. The van der Waals surface area contributed by atoms with Crippen LogP contribution in [0.25, 0.3) is 28.0 Å². The van der Waals surface area contributed by atoms with Crippen LogP contribution in [0.5, 0.6) is 0 Å². The summed E-state index contributed by atoms with van der Waals surface area (Å²) in [5.41, 5.74) is 3.48. The normalized spacial score (nSPS) is 14.1. The molecule has 2 amide bonds. The lowest BCUT2D eigenvalue weighted by molar-refractivity contribution is 0.0693. The van der Waals surface area contributed by atoms with E-state index in [-0.39, 0.29) is 11.8 Å². The number of hydrogen-bond donors (Lipinski definition) is 1. The van der Waals surface area contributed by atoms with Gasteiger partial charge in [0.25, 0.3) is 11.8 Å². The van der Waals surface area contributed by atoms with Crippen LogP contribution in [0.3, 0.4) is 0 Å². The van der Waals surface area contributed by atoms with E-state index >= 15 is 0 Å². The quantitative estimate of drug-likeness (QED) is 0.536. The van der Waals surface area contributed by atoms with Gasteiger partial charge in [-0.15, -0.1) is 0 Å². The number of aryl methyl sites for hydroxylation is 1. The molecule has 4 aromatic rings. The lowest BCUT2D eigenvalue weighted by Gasteiger charge is -2.02. The molecule has 8 nitrogen and oxygen atoms in total. The van der Waals surface area contributed by atoms with Gasteiger partial charge in [-0.3, -0.25) is 14.5 Å². The lowest BCUT2D eigenvalue weighted by atomic mass is 10.1. The molecule has 0 spiro atoms. The van der Waals surface area contributed by atoms with Crippen molar-refractivity contribution in [2.24, 2.45) is 0 Å². The Morgan fingerprint density at radius 1 is 1.12 bits per heavy atom. The Kier molecular flexibility index (Phi) is 2.49. The summed E-state index contributed by atoms with van der Waals surface area (Å²) in [4.78, 5) is 37.9. The second kappa shape index (κ2) is 4.50. The molecule has 3 aromatic heterocycles. The number of amides is 2. The number of pyridine rings is 1. The number of carbonyl (C=O) groups is 2. The fourth-order valence-electron chi connectivity index (χ4n) is 3.26. The summed E-state index contributed by atoms with van der Waals surface area (Å²) < 4.78 is 1.57. The highest BCUT2D eigenvalue weighted by molar-refractivity contribution is 6.26. The fraction of sp³-hybridized carbons (Fsp3) is 0.118. The molecule has 0 saturated carbocycles. The summed E-state index contributed by atoms with van der Waals surface area (Å²) in [5.74, 6) is -0.165. The number of nitrogens with zero attached hydrogens (tertiary/aromatic N) is 5. The highest BCUT2D eigenvalue weighted by atomic mass is 16.2. The van der Waals surface area contributed by atoms with E-state index in [0.29, 0.717) is 33.8 Å². The van der Waals surface area contributed by atoms with Gasteiger partial charge in [-0.05, 0) is 19.1 Å². The molecule has 1 N–H and O–H groups in total. The van der Waals surface area contributed by atoms with E-state index in [1.54, 1.807) is 11.6 Å². The Balaban J connectivity index is 1.82. The largest absolute Gasteiger partial charge is 0.322 e. The molecule has 1 aromatic carbocycles. The zero-order valence-electron chi connectivity index (χ0n) is 13.4. The van der Waals surface area contributed by atoms with E-state index < -0.39 is 0 Å². The molecule has 0 radical (unpaired) electrons. The summed E-state index contributed by atoms with van der Waals surface area (Å²) in [6.45, 7) is 1.79. The topological polar surface area (TPSA) is 96.8 Å². The van der Waals surface area contributed by atoms with E-state index in [9.17, 15) is 9.59 Å². The van der Waals surface area contributed by atoms with E-state index in [0.717, 1.165) is 15.9 Å². The summed E-state index contributed by atoms with van der Waals surface area (Å²) in [6.07, 6.45) is 1.43. The van der Waals surface area contributed by atoms with Gasteiger partial charge in [0.05, 0.1) is 33.2 Å². The van der Waals surface area contributed by atoms with Crippen LogP contribution in [-0.2, 0) is 0 Å². The van der Waals surface area contributed by atoms with Crippen LogP contribution >= 0.6 is 0 Å². The molecule has 5 rings (SSSR count). The number of aromatic amines is 1. The second-order valence-corrected chi connectivity index (χ2v) is 5.99. The Hall–Kier alpha value is -3.55. The maximum atomic E-state index is 12.5. The molecule has 122 valence electrons. The minimum atomic E-state index is -0.342. The molecular formula is C17H12N6O2. The molecule has 0 saturated heterocycles. The minimum Gasteiger partial charge on any atom is -0.322 e. The first-order valence-electron chi connectivity index (χ1n) is 7.72. The van der Waals surface area contributed by atoms with E-state index in [1.807, 2.05) is 24.3 Å². The van der Waals surface area contributed by atoms with E-state index in [2.05, 4.69) is 20.1 Å². The van der Waals surface area contributed by atoms with Gasteiger partial charge in [0.15, 0.2) is 5.65 Å². The maximum Gasteiger partial charge on any atom is 0.262 e. The number of fused-ring (bicyclic) bond motifs is 4. The van der Waals surface area contributed by atoms with Crippen molar-refractivity contribution in [1.29, 1.82) is 0 Å². The van der Waals surface area contributed by atoms with Crippen LogP contribution in [0.4, 0.5) is 0 Å². The number of H-pyrrole nitrogens is 1. The maximum absolute atomic E-state index is 12.5. The summed E-state index contributed by atoms with van der Waals surface area (Å²) in [7, 11) is 1.47. The highest BCUT2D eigenvalue weighted by Gasteiger charge is 2.36. The Labute approximate surface area is 141 Å². The van der Waals surface area contributed by atoms with Gasteiger partial charge in [0.2, 0.25) is 5.95 Å². The smallest absolute Gasteiger partial charge is 0.262 e. The first-order chi connectivity index (χ1) is 12.1. The van der Waals surface area contributed by atoms with Crippen molar-refractivity contribution in [1.82, 2.24) is 29.6 Å². The van der Waals surface area contributed by atoms with Crippen LogP contribution in [0.1, 0.15) is 26.4 Å². The standard InChI is InChI=1S/C17H12N6O2/c1-8-12-13-9(15(24)22(2)16(13)25)7-18-14(12)23(21-8)17-19-10-5-3-4-6-11(10)20-17/h3-7H,1-2H3,(H,19,20). The van der Waals surface area contributed by atoms with Gasteiger partial charge >= 0.3 is 0 Å². The molecule has 0 aliphatic carbocycles. The number of nitrogens with one attached hydrogen (secondary N) is 1. The predicted molar refractivity (Wildman–Crippen MR) is 89.7 cm³/mol. The Morgan fingerprint density at radius 2 is 1.92 bits per heavy atom. The number of carbonyl (C=O) groups excluding carboxylic acids is 2. The molecule has 0 unspecified atom stereocenters. The fourth-order valence-corrected chi connectivity index (χ4v) is 3.26. The summed E-state index contributed by atoms with van der Waals surface area (Å²) in [5, 5.41) is 5.08. The molecule has 1 aliphatic heterocycles. The molecule has 1 aliphatic rings. The lowest BCUT2D eigenvalue weighted by Crippen LogP contribution is -2.24. The van der Waals surface area contributed by atoms with E-state index in [1.165, 1.54) is 13.2 Å². The van der Waals surface area contributed by atoms with Gasteiger partial charge in [0, 0.05) is 13.2 Å². The zero-order chi connectivity index (χ0) is 17.3. The highest BCUT2D eigenvalue weighted by Crippen LogP contribution is 2.31. The molecule has 0 fully saturated rings. The molecule has 0 atom stereocenters. The number of imide groups is 1. The van der Waals surface area contributed by atoms with Crippen molar-refractivity contribution >= 4 is 33.9 Å². The van der Waals surface area contributed by atoms with Gasteiger partial charge in [-0.1, -0.05) is 12.1 Å². The molecule has 25 heavy (non-hydrogen) atoms. The summed E-state index contributed by atoms with van der Waals surface area (Å²) in [6, 6.07) is 7.65. The monoisotopic (exact) mass is 332 g/mol. The van der Waals surface area contributed by atoms with Gasteiger partial charge in [-0.25, -0.2) is 9.97 Å². The Morgan fingerprint density at radius 3 is 2.72 bits per heavy atom. The SMILES string of the molecule is Cc1nn(-c2nc3ccccc3[nH]2)c2ncc3c(c12)C(=O)N(C)C3=O. The van der Waals surface area contributed by atoms with Crippen molar-refractivity contribution in [2.45, 2.75) is 6.92 Å². The van der Waals surface area contributed by atoms with Gasteiger partial charge in [-0.2, -0.15) is 9.78 Å². The van der Waals surface area contributed by atoms with Crippen LogP contribution in [0, 0.1) is 6.92 Å². The zero-order valence-corrected chi connectivity index (χ0v) is 13.4. The van der Waals surface area contributed by atoms with E-state index in [4.69, 9.17) is 0 Å². The first-order valence-corrected chi connectivity index (χ1v) is 7.72.